The Morgan fingerprint density at radius 2 is 2.24 bits per heavy atom. The topological polar surface area (TPSA) is 55.1 Å². The fourth-order valence-corrected chi connectivity index (χ4v) is 1.86. The third-order valence-corrected chi connectivity index (χ3v) is 2.93. The fraction of sp³-hybridized carbons (Fsp3) is 0.0909. The summed E-state index contributed by atoms with van der Waals surface area (Å²) in [7, 11) is 0. The van der Waals surface area contributed by atoms with E-state index in [1.165, 1.54) is 24.3 Å². The molecule has 0 atom stereocenters. The van der Waals surface area contributed by atoms with Crippen LogP contribution < -0.4 is 5.32 Å². The lowest BCUT2D eigenvalue weighted by Gasteiger charge is -2.05. The maximum absolute atomic E-state index is 12.9. The largest absolute Gasteiger partial charge is 0.361 e. The summed E-state index contributed by atoms with van der Waals surface area (Å²) in [6.07, 6.45) is 0. The minimum absolute atomic E-state index is 0.197. The molecule has 1 aromatic carbocycles. The van der Waals surface area contributed by atoms with E-state index >= 15 is 0 Å². The predicted octanol–water partition coefficient (Wildman–Crippen LogP) is 2.98. The highest BCUT2D eigenvalue weighted by atomic mass is 127. The van der Waals surface area contributed by atoms with Crippen LogP contribution in [0.25, 0.3) is 0 Å². The van der Waals surface area contributed by atoms with E-state index in [9.17, 15) is 9.18 Å². The number of nitrogens with one attached hydrogen (secondary N) is 1. The molecule has 1 N–H and O–H groups in total. The summed E-state index contributed by atoms with van der Waals surface area (Å²) in [5, 5.41) is 6.23. The van der Waals surface area contributed by atoms with Gasteiger partial charge in [0.05, 0.1) is 5.69 Å². The second-order valence-electron chi connectivity index (χ2n) is 3.40. The average Bonchev–Trinajstić information content (AvgIpc) is 2.69. The second kappa shape index (κ2) is 4.82. The van der Waals surface area contributed by atoms with Crippen molar-refractivity contribution in [2.45, 2.75) is 6.92 Å². The molecule has 2 aromatic rings. The first-order chi connectivity index (χ1) is 8.06. The smallest absolute Gasteiger partial charge is 0.277 e. The van der Waals surface area contributed by atoms with Crippen molar-refractivity contribution in [3.8, 4) is 0 Å². The normalized spacial score (nSPS) is 10.3. The van der Waals surface area contributed by atoms with Crippen LogP contribution in [0, 0.1) is 16.3 Å². The van der Waals surface area contributed by atoms with Gasteiger partial charge in [-0.3, -0.25) is 4.79 Å². The summed E-state index contributed by atoms with van der Waals surface area (Å²) in [6.45, 7) is 1.70. The molecule has 0 unspecified atom stereocenters. The number of aryl methyl sites for hydroxylation is 1. The molecule has 0 spiro atoms. The lowest BCUT2D eigenvalue weighted by Crippen LogP contribution is -2.13. The maximum atomic E-state index is 12.9. The van der Waals surface area contributed by atoms with E-state index in [4.69, 9.17) is 4.52 Å². The zero-order valence-corrected chi connectivity index (χ0v) is 11.0. The van der Waals surface area contributed by atoms with Crippen LogP contribution in [0.1, 0.15) is 16.2 Å². The molecular weight excluding hydrogens is 338 g/mol. The van der Waals surface area contributed by atoms with Crippen LogP contribution in [0.4, 0.5) is 10.1 Å². The summed E-state index contributed by atoms with van der Waals surface area (Å²) in [6, 6.07) is 5.66. The quantitative estimate of drug-likeness (QED) is 0.851. The molecule has 0 aliphatic heterocycles. The Balaban J connectivity index is 2.18. The van der Waals surface area contributed by atoms with Crippen LogP contribution in [-0.4, -0.2) is 11.1 Å². The third kappa shape index (κ3) is 2.82. The van der Waals surface area contributed by atoms with Crippen LogP contribution >= 0.6 is 22.6 Å². The number of benzene rings is 1. The SMILES string of the molecule is Cc1cc(C(=O)Nc2ccc(F)cc2I)no1. The van der Waals surface area contributed by atoms with E-state index in [2.05, 4.69) is 10.5 Å². The van der Waals surface area contributed by atoms with Crippen molar-refractivity contribution in [2.24, 2.45) is 0 Å². The summed E-state index contributed by atoms with van der Waals surface area (Å²) >= 11 is 1.95. The maximum Gasteiger partial charge on any atom is 0.277 e. The van der Waals surface area contributed by atoms with Crippen LogP contribution in [0.15, 0.2) is 28.8 Å². The molecule has 0 aliphatic carbocycles. The van der Waals surface area contributed by atoms with Crippen molar-refractivity contribution in [1.82, 2.24) is 5.16 Å². The Morgan fingerprint density at radius 3 is 2.82 bits per heavy atom. The molecule has 0 saturated heterocycles. The van der Waals surface area contributed by atoms with Crippen molar-refractivity contribution in [1.29, 1.82) is 0 Å². The summed E-state index contributed by atoms with van der Waals surface area (Å²) < 4.78 is 18.3. The number of carbonyl (C=O) groups is 1. The van der Waals surface area contributed by atoms with Crippen molar-refractivity contribution < 1.29 is 13.7 Å². The van der Waals surface area contributed by atoms with Gasteiger partial charge < -0.3 is 9.84 Å². The molecule has 0 bridgehead atoms. The molecule has 88 valence electrons. The molecule has 1 aromatic heterocycles. The van der Waals surface area contributed by atoms with Gasteiger partial charge in [0.15, 0.2) is 5.69 Å². The third-order valence-electron chi connectivity index (χ3n) is 2.04. The van der Waals surface area contributed by atoms with Crippen LogP contribution in [-0.2, 0) is 0 Å². The van der Waals surface area contributed by atoms with Gasteiger partial charge in [-0.15, -0.1) is 0 Å². The second-order valence-corrected chi connectivity index (χ2v) is 4.56. The van der Waals surface area contributed by atoms with Gasteiger partial charge in [0, 0.05) is 9.64 Å². The molecule has 17 heavy (non-hydrogen) atoms. The Morgan fingerprint density at radius 1 is 1.47 bits per heavy atom. The van der Waals surface area contributed by atoms with Gasteiger partial charge in [0.25, 0.3) is 5.91 Å². The molecule has 4 nitrogen and oxygen atoms in total. The van der Waals surface area contributed by atoms with Crippen LogP contribution in [0.2, 0.25) is 0 Å². The minimum Gasteiger partial charge on any atom is -0.361 e. The summed E-state index contributed by atoms with van der Waals surface area (Å²) in [5.41, 5.74) is 0.736. The number of carbonyl (C=O) groups excluding carboxylic acids is 1. The summed E-state index contributed by atoms with van der Waals surface area (Å²) in [4.78, 5) is 11.7. The zero-order valence-electron chi connectivity index (χ0n) is 8.83. The van der Waals surface area contributed by atoms with Crippen molar-refractivity contribution in [3.63, 3.8) is 0 Å². The van der Waals surface area contributed by atoms with Gasteiger partial charge in [0.1, 0.15) is 11.6 Å². The Hall–Kier alpha value is -1.44. The predicted molar refractivity (Wildman–Crippen MR) is 68.3 cm³/mol. The van der Waals surface area contributed by atoms with E-state index in [1.807, 2.05) is 22.6 Å². The Labute approximate surface area is 110 Å². The van der Waals surface area contributed by atoms with E-state index in [-0.39, 0.29) is 17.4 Å². The van der Waals surface area contributed by atoms with Gasteiger partial charge in [-0.25, -0.2) is 4.39 Å². The highest BCUT2D eigenvalue weighted by Gasteiger charge is 2.12. The molecule has 1 heterocycles. The first kappa shape index (κ1) is 12.0. The number of hydrogen-bond acceptors (Lipinski definition) is 3. The lowest BCUT2D eigenvalue weighted by molar-refractivity contribution is 0.101. The standard InChI is InChI=1S/C11H8FIN2O2/c1-6-4-10(15-17-6)11(16)14-9-3-2-7(12)5-8(9)13/h2-5H,1H3,(H,14,16). The highest BCUT2D eigenvalue weighted by Crippen LogP contribution is 2.19. The van der Waals surface area contributed by atoms with E-state index in [1.54, 1.807) is 6.92 Å². The molecule has 0 aliphatic rings. The first-order valence-corrected chi connectivity index (χ1v) is 5.84. The molecule has 0 fully saturated rings. The Bertz CT molecular complexity index is 568. The van der Waals surface area contributed by atoms with Crippen LogP contribution in [0.3, 0.4) is 0 Å². The van der Waals surface area contributed by atoms with E-state index in [0.29, 0.717) is 15.0 Å². The minimum atomic E-state index is -0.383. The highest BCUT2D eigenvalue weighted by molar-refractivity contribution is 14.1. The van der Waals surface area contributed by atoms with Gasteiger partial charge in [-0.2, -0.15) is 0 Å². The average molecular weight is 346 g/mol. The van der Waals surface area contributed by atoms with E-state index in [0.717, 1.165) is 0 Å². The van der Waals surface area contributed by atoms with E-state index < -0.39 is 0 Å². The molecule has 0 saturated carbocycles. The molecule has 0 radical (unpaired) electrons. The lowest BCUT2D eigenvalue weighted by atomic mass is 10.3. The molecule has 2 rings (SSSR count). The number of hydrogen-bond donors (Lipinski definition) is 1. The first-order valence-electron chi connectivity index (χ1n) is 4.76. The van der Waals surface area contributed by atoms with Crippen molar-refractivity contribution >= 4 is 34.2 Å². The van der Waals surface area contributed by atoms with Crippen molar-refractivity contribution in [3.05, 3.63) is 45.1 Å². The fourth-order valence-electron chi connectivity index (χ4n) is 1.25. The number of nitrogens with zero attached hydrogens (tertiary/aromatic N) is 1. The zero-order chi connectivity index (χ0) is 12.4. The molecular formula is C11H8FIN2O2. The number of anilines is 1. The summed E-state index contributed by atoms with van der Waals surface area (Å²) in [5.74, 6) is -0.167. The molecule has 6 heteroatoms. The van der Waals surface area contributed by atoms with Gasteiger partial charge in [-0.05, 0) is 47.7 Å². The molecule has 1 amide bonds. The number of rotatable bonds is 2. The number of amides is 1. The monoisotopic (exact) mass is 346 g/mol. The van der Waals surface area contributed by atoms with Gasteiger partial charge in [0.2, 0.25) is 0 Å². The van der Waals surface area contributed by atoms with Gasteiger partial charge in [-0.1, -0.05) is 5.16 Å². The van der Waals surface area contributed by atoms with Crippen LogP contribution in [0.5, 0.6) is 0 Å². The van der Waals surface area contributed by atoms with Crippen molar-refractivity contribution in [2.75, 3.05) is 5.32 Å². The van der Waals surface area contributed by atoms with Gasteiger partial charge >= 0.3 is 0 Å². The number of aromatic nitrogens is 1. The number of halogens is 2. The Kier molecular flexibility index (Phi) is 3.41.